The van der Waals surface area contributed by atoms with E-state index in [1.807, 2.05) is 0 Å². The lowest BCUT2D eigenvalue weighted by Gasteiger charge is -1.87. The van der Waals surface area contributed by atoms with E-state index in [-0.39, 0.29) is 5.78 Å². The van der Waals surface area contributed by atoms with Gasteiger partial charge < -0.3 is 0 Å². The summed E-state index contributed by atoms with van der Waals surface area (Å²) in [6.45, 7) is 4.66. The first kappa shape index (κ1) is 5.96. The monoisotopic (exact) mass is 105 g/mol. The van der Waals surface area contributed by atoms with Crippen LogP contribution in [-0.2, 0) is 4.79 Å². The van der Waals surface area contributed by atoms with E-state index in [4.69, 9.17) is 11.6 Å². The SMILES string of the molecule is [CH2]C(=O)C(C)Cl. The molecule has 0 aliphatic rings. The van der Waals surface area contributed by atoms with Gasteiger partial charge in [-0.15, -0.1) is 11.6 Å². The zero-order valence-electron chi connectivity index (χ0n) is 3.57. The molecule has 1 radical (unpaired) electrons. The minimum absolute atomic E-state index is 0.225. The highest BCUT2D eigenvalue weighted by molar-refractivity contribution is 6.31. The molecule has 0 aliphatic heterocycles. The highest BCUT2D eigenvalue weighted by Gasteiger charge is 1.98. The summed E-state index contributed by atoms with van der Waals surface area (Å²) in [5.41, 5.74) is 0. The van der Waals surface area contributed by atoms with Gasteiger partial charge in [-0.1, -0.05) is 0 Å². The number of halogens is 1. The number of hydrogen-bond acceptors (Lipinski definition) is 1. The van der Waals surface area contributed by atoms with Crippen LogP contribution >= 0.6 is 11.6 Å². The van der Waals surface area contributed by atoms with Gasteiger partial charge in [0.05, 0.1) is 5.38 Å². The van der Waals surface area contributed by atoms with Crippen molar-refractivity contribution in [2.75, 3.05) is 0 Å². The third-order valence-electron chi connectivity index (χ3n) is 0.444. The molecule has 1 unspecified atom stereocenters. The number of ketones is 1. The fourth-order valence-electron chi connectivity index (χ4n) is 0. The zero-order chi connectivity index (χ0) is 5.15. The van der Waals surface area contributed by atoms with E-state index in [2.05, 4.69) is 6.92 Å². The largest absolute Gasteiger partial charge is 0.298 e. The highest BCUT2D eigenvalue weighted by Crippen LogP contribution is 1.91. The van der Waals surface area contributed by atoms with Crippen LogP contribution in [0.1, 0.15) is 6.92 Å². The summed E-state index contributed by atoms with van der Waals surface area (Å²) in [5.74, 6) is -0.225. The summed E-state index contributed by atoms with van der Waals surface area (Å²) in [5, 5.41) is -0.426. The standard InChI is InChI=1S/C4H6ClO/c1-3(5)4(2)6/h3H,2H2,1H3. The molecule has 0 aromatic rings. The molecule has 0 bridgehead atoms. The minimum Gasteiger partial charge on any atom is -0.298 e. The Kier molecular flexibility index (Phi) is 2.18. The molecule has 0 aromatic carbocycles. The number of Topliss-reactive ketones (excluding diaryl/α,β-unsaturated/α-hetero) is 1. The molecule has 0 N–H and O–H groups in total. The van der Waals surface area contributed by atoms with Crippen LogP contribution in [0, 0.1) is 6.92 Å². The summed E-state index contributed by atoms with van der Waals surface area (Å²) in [4.78, 5) is 9.90. The van der Waals surface area contributed by atoms with E-state index in [0.717, 1.165) is 0 Å². The van der Waals surface area contributed by atoms with E-state index in [1.54, 1.807) is 6.92 Å². The van der Waals surface area contributed by atoms with Crippen LogP contribution in [-0.4, -0.2) is 11.2 Å². The van der Waals surface area contributed by atoms with Crippen LogP contribution in [0.3, 0.4) is 0 Å². The van der Waals surface area contributed by atoms with Crippen LogP contribution < -0.4 is 0 Å². The number of carbonyl (C=O) groups excluding carboxylic acids is 1. The molecular weight excluding hydrogens is 99.5 g/mol. The fourth-order valence-corrected chi connectivity index (χ4v) is 0. The van der Waals surface area contributed by atoms with Crippen LogP contribution in [0.4, 0.5) is 0 Å². The molecule has 0 saturated heterocycles. The van der Waals surface area contributed by atoms with E-state index in [9.17, 15) is 4.79 Å². The van der Waals surface area contributed by atoms with Crippen molar-refractivity contribution in [1.29, 1.82) is 0 Å². The lowest BCUT2D eigenvalue weighted by atomic mass is 10.3. The Hall–Kier alpha value is -0.0400. The zero-order valence-corrected chi connectivity index (χ0v) is 4.33. The lowest BCUT2D eigenvalue weighted by Crippen LogP contribution is -2.03. The first-order chi connectivity index (χ1) is 2.64. The average molecular weight is 106 g/mol. The molecule has 0 fully saturated rings. The molecule has 0 aliphatic carbocycles. The molecule has 0 spiro atoms. The molecule has 0 heterocycles. The molecule has 0 saturated carbocycles. The molecule has 6 heavy (non-hydrogen) atoms. The maximum absolute atomic E-state index is 9.90. The molecule has 0 rings (SSSR count). The third-order valence-corrected chi connectivity index (χ3v) is 0.687. The molecule has 1 nitrogen and oxygen atoms in total. The molecule has 2 heteroatoms. The van der Waals surface area contributed by atoms with E-state index in [1.165, 1.54) is 0 Å². The molecule has 0 amide bonds. The Morgan fingerprint density at radius 3 is 2.17 bits per heavy atom. The number of hydrogen-bond donors (Lipinski definition) is 0. The van der Waals surface area contributed by atoms with Gasteiger partial charge in [-0.2, -0.15) is 0 Å². The van der Waals surface area contributed by atoms with Gasteiger partial charge in [0.1, 0.15) is 0 Å². The summed E-state index contributed by atoms with van der Waals surface area (Å²) in [6.07, 6.45) is 0. The van der Waals surface area contributed by atoms with Gasteiger partial charge in [0.2, 0.25) is 0 Å². The van der Waals surface area contributed by atoms with E-state index >= 15 is 0 Å². The van der Waals surface area contributed by atoms with Gasteiger partial charge >= 0.3 is 0 Å². The second-order valence-corrected chi connectivity index (χ2v) is 1.74. The average Bonchev–Trinajstić information content (AvgIpc) is 1.36. The number of alkyl halides is 1. The van der Waals surface area contributed by atoms with Gasteiger partial charge in [0.25, 0.3) is 0 Å². The van der Waals surface area contributed by atoms with Gasteiger partial charge in [-0.3, -0.25) is 4.79 Å². The summed E-state index contributed by atoms with van der Waals surface area (Å²) < 4.78 is 0. The van der Waals surface area contributed by atoms with Crippen LogP contribution in [0.25, 0.3) is 0 Å². The topological polar surface area (TPSA) is 17.1 Å². The quantitative estimate of drug-likeness (QED) is 0.455. The lowest BCUT2D eigenvalue weighted by molar-refractivity contribution is -0.114. The van der Waals surface area contributed by atoms with Gasteiger partial charge in [-0.05, 0) is 6.92 Å². The first-order valence-corrected chi connectivity index (χ1v) is 2.08. The Balaban J connectivity index is 3.26. The maximum Gasteiger partial charge on any atom is 0.150 e. The number of carbonyl (C=O) groups is 1. The Labute approximate surface area is 42.3 Å². The second kappa shape index (κ2) is 2.19. The Morgan fingerprint density at radius 2 is 2.17 bits per heavy atom. The second-order valence-electron chi connectivity index (χ2n) is 1.08. The van der Waals surface area contributed by atoms with Crippen molar-refractivity contribution in [2.24, 2.45) is 0 Å². The van der Waals surface area contributed by atoms with Crippen LogP contribution in [0.5, 0.6) is 0 Å². The van der Waals surface area contributed by atoms with Crippen LogP contribution in [0.2, 0.25) is 0 Å². The van der Waals surface area contributed by atoms with E-state index in [0.29, 0.717) is 0 Å². The van der Waals surface area contributed by atoms with Crippen molar-refractivity contribution in [3.8, 4) is 0 Å². The molecular formula is C4H6ClO. The van der Waals surface area contributed by atoms with Crippen molar-refractivity contribution in [2.45, 2.75) is 12.3 Å². The van der Waals surface area contributed by atoms with Crippen molar-refractivity contribution in [3.63, 3.8) is 0 Å². The van der Waals surface area contributed by atoms with Gasteiger partial charge in [0, 0.05) is 6.92 Å². The van der Waals surface area contributed by atoms with Crippen molar-refractivity contribution >= 4 is 17.4 Å². The maximum atomic E-state index is 9.90. The smallest absolute Gasteiger partial charge is 0.150 e. The molecule has 35 valence electrons. The Morgan fingerprint density at radius 1 is 2.00 bits per heavy atom. The third kappa shape index (κ3) is 2.21. The van der Waals surface area contributed by atoms with E-state index < -0.39 is 5.38 Å². The van der Waals surface area contributed by atoms with Crippen molar-refractivity contribution in [3.05, 3.63) is 6.92 Å². The molecule has 1 atom stereocenters. The van der Waals surface area contributed by atoms with Crippen molar-refractivity contribution < 1.29 is 4.79 Å². The normalized spacial score (nSPS) is 13.8. The Bertz CT molecular complexity index is 58.6. The number of rotatable bonds is 1. The minimum atomic E-state index is -0.426. The highest BCUT2D eigenvalue weighted by atomic mass is 35.5. The molecule has 0 aromatic heterocycles. The van der Waals surface area contributed by atoms with Gasteiger partial charge in [0.15, 0.2) is 5.78 Å². The van der Waals surface area contributed by atoms with Crippen molar-refractivity contribution in [1.82, 2.24) is 0 Å². The predicted molar refractivity (Wildman–Crippen MR) is 25.7 cm³/mol. The van der Waals surface area contributed by atoms with Crippen LogP contribution in [0.15, 0.2) is 0 Å². The predicted octanol–water partition coefficient (Wildman–Crippen LogP) is 1.02. The van der Waals surface area contributed by atoms with Gasteiger partial charge in [-0.25, -0.2) is 0 Å². The summed E-state index contributed by atoms with van der Waals surface area (Å²) in [6, 6.07) is 0. The fraction of sp³-hybridized carbons (Fsp3) is 0.500. The summed E-state index contributed by atoms with van der Waals surface area (Å²) in [7, 11) is 0. The summed E-state index contributed by atoms with van der Waals surface area (Å²) >= 11 is 5.20. The first-order valence-electron chi connectivity index (χ1n) is 1.64.